The molecule has 0 fully saturated rings. The molecule has 0 aliphatic carbocycles. The van der Waals surface area contributed by atoms with E-state index in [-0.39, 0.29) is 16.9 Å². The van der Waals surface area contributed by atoms with Gasteiger partial charge in [0.15, 0.2) is 11.6 Å². The number of rotatable bonds is 21. The van der Waals surface area contributed by atoms with Gasteiger partial charge in [-0.25, -0.2) is 4.98 Å². The summed E-state index contributed by atoms with van der Waals surface area (Å²) in [7, 11) is 0. The van der Waals surface area contributed by atoms with Crippen LogP contribution in [0.15, 0.2) is 36.4 Å². The Hall–Kier alpha value is -3.06. The van der Waals surface area contributed by atoms with Crippen molar-refractivity contribution in [2.24, 2.45) is 0 Å². The third-order valence-corrected chi connectivity index (χ3v) is 7.22. The molecule has 0 saturated carbocycles. The minimum Gasteiger partial charge on any atom is -0.507 e. The van der Waals surface area contributed by atoms with Crippen LogP contribution in [0.4, 0.5) is 0 Å². The number of ether oxygens (including phenoxy) is 3. The second kappa shape index (κ2) is 19.2. The van der Waals surface area contributed by atoms with Gasteiger partial charge < -0.3 is 19.3 Å². The van der Waals surface area contributed by atoms with Gasteiger partial charge >= 0.3 is 0 Å². The second-order valence-electron chi connectivity index (χ2n) is 10.7. The lowest BCUT2D eigenvalue weighted by Gasteiger charge is -2.14. The molecule has 3 rings (SSSR count). The van der Waals surface area contributed by atoms with Gasteiger partial charge in [-0.2, -0.15) is 9.97 Å². The van der Waals surface area contributed by atoms with Gasteiger partial charge in [0, 0.05) is 12.1 Å². The fraction of sp³-hybridized carbons (Fsp3) is 0.559. The molecule has 7 nitrogen and oxygen atoms in total. The zero-order valence-electron chi connectivity index (χ0n) is 25.7. The van der Waals surface area contributed by atoms with Crippen molar-refractivity contribution in [2.75, 3.05) is 19.8 Å². The Balaban J connectivity index is 1.78. The molecule has 0 saturated heterocycles. The number of aromatic nitrogens is 3. The predicted octanol–water partition coefficient (Wildman–Crippen LogP) is 9.83. The van der Waals surface area contributed by atoms with E-state index in [0.29, 0.717) is 48.3 Å². The molecule has 0 aliphatic rings. The summed E-state index contributed by atoms with van der Waals surface area (Å²) in [4.78, 5) is 13.4. The lowest BCUT2D eigenvalue weighted by atomic mass is 10.1. The molecular formula is C34H48ClN3O4. The van der Waals surface area contributed by atoms with Crippen molar-refractivity contribution in [2.45, 2.75) is 104 Å². The number of hydrogen-bond acceptors (Lipinski definition) is 7. The highest BCUT2D eigenvalue weighted by Gasteiger charge is 2.17. The van der Waals surface area contributed by atoms with Crippen LogP contribution < -0.4 is 14.2 Å². The molecule has 0 unspecified atom stereocenters. The monoisotopic (exact) mass is 597 g/mol. The summed E-state index contributed by atoms with van der Waals surface area (Å²) in [6, 6.07) is 10.9. The van der Waals surface area contributed by atoms with Crippen LogP contribution in [-0.4, -0.2) is 39.9 Å². The minimum atomic E-state index is 0.0194. The van der Waals surface area contributed by atoms with Crippen molar-refractivity contribution in [3.63, 3.8) is 0 Å². The molecule has 3 aromatic rings. The van der Waals surface area contributed by atoms with Crippen LogP contribution in [-0.2, 0) is 0 Å². The highest BCUT2D eigenvalue weighted by Crippen LogP contribution is 2.35. The van der Waals surface area contributed by atoms with Crippen molar-refractivity contribution in [1.82, 2.24) is 15.0 Å². The number of aromatic hydroxyl groups is 1. The van der Waals surface area contributed by atoms with Crippen LogP contribution in [0, 0.1) is 0 Å². The number of nitrogens with zero attached hydrogens (tertiary/aromatic N) is 3. The Morgan fingerprint density at radius 1 is 0.571 bits per heavy atom. The fourth-order valence-electron chi connectivity index (χ4n) is 4.60. The van der Waals surface area contributed by atoms with Crippen LogP contribution in [0.5, 0.6) is 23.0 Å². The van der Waals surface area contributed by atoms with E-state index >= 15 is 0 Å². The lowest BCUT2D eigenvalue weighted by Crippen LogP contribution is -2.03. The zero-order valence-corrected chi connectivity index (χ0v) is 26.4. The molecule has 1 aromatic heterocycles. The normalized spacial score (nSPS) is 11.0. The molecule has 0 atom stereocenters. The van der Waals surface area contributed by atoms with E-state index < -0.39 is 0 Å². The van der Waals surface area contributed by atoms with Crippen molar-refractivity contribution in [3.05, 3.63) is 41.7 Å². The van der Waals surface area contributed by atoms with Gasteiger partial charge in [0.1, 0.15) is 23.0 Å². The average Bonchev–Trinajstić information content (AvgIpc) is 2.98. The standard InChI is InChI=1S/C34H48ClN3O4/c1-4-7-10-13-16-22-40-26-17-19-28(30(39)24-26)32-36-33(38-34(35)37-32)29-20-18-27(41-21-14-11-8-5-2)25-31(29)42-23-15-12-9-6-3/h17-20,24-25,39H,4-16,21-23H2,1-3H3. The molecule has 8 heteroatoms. The van der Waals surface area contributed by atoms with Crippen molar-refractivity contribution < 1.29 is 19.3 Å². The minimum absolute atomic E-state index is 0.0194. The van der Waals surface area contributed by atoms with Crippen molar-refractivity contribution in [1.29, 1.82) is 0 Å². The smallest absolute Gasteiger partial charge is 0.226 e. The Labute approximate surface area is 257 Å². The first-order valence-corrected chi connectivity index (χ1v) is 16.2. The van der Waals surface area contributed by atoms with E-state index in [0.717, 1.165) is 50.7 Å². The molecule has 0 spiro atoms. The highest BCUT2D eigenvalue weighted by molar-refractivity contribution is 6.28. The summed E-state index contributed by atoms with van der Waals surface area (Å²) >= 11 is 6.38. The van der Waals surface area contributed by atoms with Gasteiger partial charge in [0.25, 0.3) is 0 Å². The number of hydrogen-bond donors (Lipinski definition) is 1. The third-order valence-electron chi connectivity index (χ3n) is 7.05. The summed E-state index contributed by atoms with van der Waals surface area (Å²) in [5.41, 5.74) is 1.14. The average molecular weight is 598 g/mol. The summed E-state index contributed by atoms with van der Waals surface area (Å²) in [6.07, 6.45) is 14.8. The largest absolute Gasteiger partial charge is 0.507 e. The first-order chi connectivity index (χ1) is 20.5. The van der Waals surface area contributed by atoms with E-state index in [9.17, 15) is 5.11 Å². The molecule has 0 radical (unpaired) electrons. The van der Waals surface area contributed by atoms with E-state index in [1.54, 1.807) is 12.1 Å². The molecule has 42 heavy (non-hydrogen) atoms. The Morgan fingerprint density at radius 2 is 1.05 bits per heavy atom. The first kappa shape index (κ1) is 33.4. The van der Waals surface area contributed by atoms with Crippen LogP contribution >= 0.6 is 11.6 Å². The molecule has 1 heterocycles. The fourth-order valence-corrected chi connectivity index (χ4v) is 4.76. The molecule has 230 valence electrons. The van der Waals surface area contributed by atoms with Gasteiger partial charge in [0.2, 0.25) is 5.28 Å². The van der Waals surface area contributed by atoms with E-state index in [4.69, 9.17) is 25.8 Å². The van der Waals surface area contributed by atoms with Crippen LogP contribution in [0.1, 0.15) is 104 Å². The van der Waals surface area contributed by atoms with E-state index in [2.05, 4.69) is 35.7 Å². The Kier molecular flexibility index (Phi) is 15.3. The maximum atomic E-state index is 10.8. The number of benzene rings is 2. The van der Waals surface area contributed by atoms with Gasteiger partial charge in [-0.3, -0.25) is 0 Å². The molecule has 1 N–H and O–H groups in total. The zero-order chi connectivity index (χ0) is 30.0. The van der Waals surface area contributed by atoms with E-state index in [1.165, 1.54) is 38.5 Å². The van der Waals surface area contributed by atoms with Crippen molar-refractivity contribution >= 4 is 11.6 Å². The Morgan fingerprint density at radius 3 is 1.62 bits per heavy atom. The second-order valence-corrected chi connectivity index (χ2v) is 11.0. The predicted molar refractivity (Wildman–Crippen MR) is 171 cm³/mol. The number of unbranched alkanes of at least 4 members (excludes halogenated alkanes) is 10. The highest BCUT2D eigenvalue weighted by atomic mass is 35.5. The van der Waals surface area contributed by atoms with Crippen LogP contribution in [0.25, 0.3) is 22.8 Å². The van der Waals surface area contributed by atoms with Gasteiger partial charge in [0.05, 0.1) is 30.9 Å². The lowest BCUT2D eigenvalue weighted by molar-refractivity contribution is 0.291. The summed E-state index contributed by atoms with van der Waals surface area (Å²) in [5, 5.41) is 10.9. The van der Waals surface area contributed by atoms with E-state index in [1.807, 2.05) is 24.3 Å². The van der Waals surface area contributed by atoms with Gasteiger partial charge in [-0.05, 0) is 55.1 Å². The number of phenols is 1. The quantitative estimate of drug-likeness (QED) is 0.122. The molecule has 0 aliphatic heterocycles. The maximum absolute atomic E-state index is 10.8. The third kappa shape index (κ3) is 11.3. The van der Waals surface area contributed by atoms with Gasteiger partial charge in [-0.15, -0.1) is 0 Å². The van der Waals surface area contributed by atoms with Gasteiger partial charge in [-0.1, -0.05) is 85.0 Å². The summed E-state index contributed by atoms with van der Waals surface area (Å²) < 4.78 is 18.1. The van der Waals surface area contributed by atoms with Crippen LogP contribution in [0.2, 0.25) is 5.28 Å². The SMILES string of the molecule is CCCCCCCOc1ccc(-c2nc(Cl)nc(-c3ccc(OCCCCCC)cc3OCCCCCC)n2)c(O)c1. The number of halogens is 1. The van der Waals surface area contributed by atoms with Crippen molar-refractivity contribution in [3.8, 4) is 45.8 Å². The molecule has 2 aromatic carbocycles. The first-order valence-electron chi connectivity index (χ1n) is 15.8. The molecule has 0 bridgehead atoms. The summed E-state index contributed by atoms with van der Waals surface area (Å²) in [5.74, 6) is 2.66. The Bertz CT molecular complexity index is 1210. The maximum Gasteiger partial charge on any atom is 0.226 e. The van der Waals surface area contributed by atoms with Crippen LogP contribution in [0.3, 0.4) is 0 Å². The number of phenolic OH excluding ortho intramolecular Hbond substituents is 1. The molecule has 0 amide bonds. The summed E-state index contributed by atoms with van der Waals surface area (Å²) in [6.45, 7) is 8.45. The molecular weight excluding hydrogens is 550 g/mol. The topological polar surface area (TPSA) is 86.6 Å².